The van der Waals surface area contributed by atoms with Crippen molar-refractivity contribution < 1.29 is 17.9 Å². The Morgan fingerprint density at radius 1 is 1.00 bits per heavy atom. The van der Waals surface area contributed by atoms with Crippen molar-refractivity contribution in [3.8, 4) is 11.5 Å². The number of aromatic nitrogens is 2. The number of nitrogens with zero attached hydrogens (tertiary/aromatic N) is 3. The van der Waals surface area contributed by atoms with Gasteiger partial charge < -0.3 is 9.47 Å². The van der Waals surface area contributed by atoms with Gasteiger partial charge >= 0.3 is 0 Å². The van der Waals surface area contributed by atoms with Crippen molar-refractivity contribution in [2.75, 3.05) is 26.3 Å². The van der Waals surface area contributed by atoms with Crippen LogP contribution in [-0.4, -0.2) is 48.6 Å². The smallest absolute Gasteiger partial charge is 0.253 e. The number of piperidine rings is 1. The summed E-state index contributed by atoms with van der Waals surface area (Å²) >= 11 is 0. The Balaban J connectivity index is 1.23. The molecule has 1 aromatic carbocycles. The summed E-state index contributed by atoms with van der Waals surface area (Å²) in [5, 5.41) is 0. The molecule has 30 heavy (non-hydrogen) atoms. The number of hydrogen-bond acceptors (Lipinski definition) is 6. The highest BCUT2D eigenvalue weighted by molar-refractivity contribution is 7.89. The monoisotopic (exact) mass is 431 g/mol. The van der Waals surface area contributed by atoms with Gasteiger partial charge in [0.2, 0.25) is 10.0 Å². The summed E-state index contributed by atoms with van der Waals surface area (Å²) in [4.78, 5) is 17.0. The van der Waals surface area contributed by atoms with E-state index in [0.717, 1.165) is 18.5 Å². The predicted octanol–water partition coefficient (Wildman–Crippen LogP) is 1.99. The lowest BCUT2D eigenvalue weighted by atomic mass is 9.98. The van der Waals surface area contributed by atoms with Gasteiger partial charge in [-0.15, -0.1) is 0 Å². The van der Waals surface area contributed by atoms with Gasteiger partial charge in [0, 0.05) is 37.7 Å². The van der Waals surface area contributed by atoms with Crippen LogP contribution in [0.1, 0.15) is 37.3 Å². The molecule has 1 saturated heterocycles. The maximum absolute atomic E-state index is 13.1. The lowest BCUT2D eigenvalue weighted by Gasteiger charge is -2.31. The van der Waals surface area contributed by atoms with E-state index in [4.69, 9.17) is 9.47 Å². The second-order valence-electron chi connectivity index (χ2n) is 8.23. The Kier molecular flexibility index (Phi) is 5.02. The Morgan fingerprint density at radius 2 is 1.73 bits per heavy atom. The second-order valence-corrected chi connectivity index (χ2v) is 10.2. The second kappa shape index (κ2) is 7.70. The van der Waals surface area contributed by atoms with E-state index in [9.17, 15) is 13.2 Å². The molecule has 2 fully saturated rings. The minimum Gasteiger partial charge on any atom is -0.486 e. The summed E-state index contributed by atoms with van der Waals surface area (Å²) in [7, 11) is -3.59. The predicted molar refractivity (Wildman–Crippen MR) is 109 cm³/mol. The molecule has 8 nitrogen and oxygen atoms in total. The van der Waals surface area contributed by atoms with E-state index < -0.39 is 10.0 Å². The highest BCUT2D eigenvalue weighted by Gasteiger charge is 2.31. The van der Waals surface area contributed by atoms with Gasteiger partial charge in [0.1, 0.15) is 13.2 Å². The summed E-state index contributed by atoms with van der Waals surface area (Å²) in [5.41, 5.74) is 0.884. The Hall–Kier alpha value is -2.39. The van der Waals surface area contributed by atoms with Crippen LogP contribution in [0, 0.1) is 5.92 Å². The van der Waals surface area contributed by atoms with Crippen LogP contribution in [0.2, 0.25) is 0 Å². The molecule has 5 rings (SSSR count). The van der Waals surface area contributed by atoms with E-state index in [0.29, 0.717) is 63.1 Å². The summed E-state index contributed by atoms with van der Waals surface area (Å²) < 4.78 is 40.3. The largest absolute Gasteiger partial charge is 0.486 e. The first-order valence-electron chi connectivity index (χ1n) is 10.5. The molecule has 3 aliphatic rings. The van der Waals surface area contributed by atoms with E-state index in [1.54, 1.807) is 35.2 Å². The van der Waals surface area contributed by atoms with Gasteiger partial charge in [0.25, 0.3) is 5.56 Å². The first-order chi connectivity index (χ1) is 14.5. The topological polar surface area (TPSA) is 90.7 Å². The molecule has 1 saturated carbocycles. The molecule has 0 amide bonds. The number of rotatable bonds is 5. The van der Waals surface area contributed by atoms with Gasteiger partial charge in [-0.05, 0) is 43.7 Å². The van der Waals surface area contributed by atoms with Crippen molar-refractivity contribution in [1.82, 2.24) is 13.9 Å². The molecule has 0 spiro atoms. The molecule has 2 aliphatic heterocycles. The molecule has 0 bridgehead atoms. The molecule has 0 atom stereocenters. The molecular weight excluding hydrogens is 406 g/mol. The average Bonchev–Trinajstić information content (AvgIpc) is 3.61. The Bertz CT molecular complexity index is 1100. The summed E-state index contributed by atoms with van der Waals surface area (Å²) in [5.74, 6) is 1.76. The van der Waals surface area contributed by atoms with Crippen molar-refractivity contribution in [3.05, 3.63) is 46.6 Å². The SMILES string of the molecule is O=c1cc(C2CC2)ncn1CC1CCN(S(=O)(=O)c2ccc3c(c2)OCCO3)CC1. The van der Waals surface area contributed by atoms with Crippen LogP contribution in [0.4, 0.5) is 0 Å². The fraction of sp³-hybridized carbons (Fsp3) is 0.524. The molecule has 0 N–H and O–H groups in total. The van der Waals surface area contributed by atoms with Crippen LogP contribution in [-0.2, 0) is 16.6 Å². The van der Waals surface area contributed by atoms with Crippen LogP contribution >= 0.6 is 0 Å². The van der Waals surface area contributed by atoms with Crippen molar-refractivity contribution in [1.29, 1.82) is 0 Å². The van der Waals surface area contributed by atoms with Gasteiger partial charge in [-0.3, -0.25) is 9.36 Å². The zero-order chi connectivity index (χ0) is 20.7. The fourth-order valence-corrected chi connectivity index (χ4v) is 5.61. The van der Waals surface area contributed by atoms with Gasteiger partial charge in [-0.2, -0.15) is 4.31 Å². The highest BCUT2D eigenvalue weighted by Crippen LogP contribution is 2.38. The molecule has 1 aliphatic carbocycles. The number of sulfonamides is 1. The molecule has 2 aromatic rings. The van der Waals surface area contributed by atoms with Crippen LogP contribution in [0.15, 0.2) is 40.3 Å². The molecule has 1 aromatic heterocycles. The molecule has 9 heteroatoms. The Morgan fingerprint density at radius 3 is 2.43 bits per heavy atom. The summed E-state index contributed by atoms with van der Waals surface area (Å²) in [6, 6.07) is 6.42. The first kappa shape index (κ1) is 19.6. The van der Waals surface area contributed by atoms with E-state index in [2.05, 4.69) is 4.98 Å². The standard InChI is InChI=1S/C21H25N3O5S/c25-21-12-18(16-1-2-16)22-14-23(21)13-15-5-7-24(8-6-15)30(26,27)17-3-4-19-20(11-17)29-10-9-28-19/h3-4,11-12,14-16H,1-2,5-10,13H2. The number of hydrogen-bond donors (Lipinski definition) is 0. The van der Waals surface area contributed by atoms with E-state index >= 15 is 0 Å². The van der Waals surface area contributed by atoms with Gasteiger partial charge in [0.05, 0.1) is 16.9 Å². The van der Waals surface area contributed by atoms with E-state index in [1.165, 1.54) is 4.31 Å². The Labute approximate surface area is 175 Å². The average molecular weight is 432 g/mol. The molecular formula is C21H25N3O5S. The molecule has 0 unspecified atom stereocenters. The molecule has 160 valence electrons. The summed E-state index contributed by atoms with van der Waals surface area (Å²) in [6.45, 7) is 2.33. The maximum atomic E-state index is 13.1. The lowest BCUT2D eigenvalue weighted by molar-refractivity contribution is 0.171. The lowest BCUT2D eigenvalue weighted by Crippen LogP contribution is -2.40. The minimum atomic E-state index is -3.59. The van der Waals surface area contributed by atoms with Crippen molar-refractivity contribution >= 4 is 10.0 Å². The van der Waals surface area contributed by atoms with E-state index in [1.807, 2.05) is 0 Å². The quantitative estimate of drug-likeness (QED) is 0.719. The fourth-order valence-electron chi connectivity index (χ4n) is 4.12. The number of ether oxygens (including phenoxy) is 2. The third kappa shape index (κ3) is 3.83. The zero-order valence-corrected chi connectivity index (χ0v) is 17.5. The minimum absolute atomic E-state index is 0.0155. The number of benzene rings is 1. The van der Waals surface area contributed by atoms with E-state index in [-0.39, 0.29) is 16.4 Å². The van der Waals surface area contributed by atoms with Crippen LogP contribution < -0.4 is 15.0 Å². The van der Waals surface area contributed by atoms with Crippen molar-refractivity contribution in [2.24, 2.45) is 5.92 Å². The first-order valence-corrected chi connectivity index (χ1v) is 11.9. The van der Waals surface area contributed by atoms with Crippen LogP contribution in [0.3, 0.4) is 0 Å². The maximum Gasteiger partial charge on any atom is 0.253 e. The molecule has 3 heterocycles. The highest BCUT2D eigenvalue weighted by atomic mass is 32.2. The van der Waals surface area contributed by atoms with Crippen molar-refractivity contribution in [2.45, 2.75) is 43.0 Å². The molecule has 0 radical (unpaired) electrons. The zero-order valence-electron chi connectivity index (χ0n) is 16.7. The van der Waals surface area contributed by atoms with Crippen LogP contribution in [0.25, 0.3) is 0 Å². The van der Waals surface area contributed by atoms with Gasteiger partial charge in [-0.25, -0.2) is 13.4 Å². The van der Waals surface area contributed by atoms with Crippen molar-refractivity contribution in [3.63, 3.8) is 0 Å². The van der Waals surface area contributed by atoms with Gasteiger partial charge in [-0.1, -0.05) is 0 Å². The van der Waals surface area contributed by atoms with Crippen LogP contribution in [0.5, 0.6) is 11.5 Å². The third-order valence-electron chi connectivity index (χ3n) is 6.08. The number of fused-ring (bicyclic) bond motifs is 1. The normalized spacial score (nSPS) is 20.3. The third-order valence-corrected chi connectivity index (χ3v) is 7.97. The van der Waals surface area contributed by atoms with Gasteiger partial charge in [0.15, 0.2) is 11.5 Å². The summed E-state index contributed by atoms with van der Waals surface area (Å²) in [6.07, 6.45) is 5.30.